The van der Waals surface area contributed by atoms with Crippen molar-refractivity contribution in [1.82, 2.24) is 5.32 Å². The van der Waals surface area contributed by atoms with Crippen molar-refractivity contribution in [3.8, 4) is 0 Å². The molecule has 2 amide bonds. The van der Waals surface area contributed by atoms with Gasteiger partial charge in [0.05, 0.1) is 11.6 Å². The number of aliphatic carboxylic acids is 1. The summed E-state index contributed by atoms with van der Waals surface area (Å²) in [6, 6.07) is 13.9. The highest BCUT2D eigenvalue weighted by Gasteiger charge is 2.19. The highest BCUT2D eigenvalue weighted by Crippen LogP contribution is 2.27. The maximum Gasteiger partial charge on any atom is 0.316 e. The van der Waals surface area contributed by atoms with E-state index in [-0.39, 0.29) is 17.9 Å². The van der Waals surface area contributed by atoms with E-state index in [2.05, 4.69) is 10.6 Å². The summed E-state index contributed by atoms with van der Waals surface area (Å²) in [7, 11) is 0. The summed E-state index contributed by atoms with van der Waals surface area (Å²) in [5.74, 6) is -1.38. The van der Waals surface area contributed by atoms with Crippen LogP contribution < -0.4 is 10.6 Å². The van der Waals surface area contributed by atoms with E-state index in [1.165, 1.54) is 6.92 Å². The number of carboxylic acid groups (broad SMARTS) is 1. The Morgan fingerprint density at radius 3 is 2.41 bits per heavy atom. The minimum absolute atomic E-state index is 0.164. The van der Waals surface area contributed by atoms with Crippen LogP contribution in [-0.2, 0) is 9.59 Å². The minimum Gasteiger partial charge on any atom is -0.480 e. The highest BCUT2D eigenvalue weighted by atomic mass is 32.2. The van der Waals surface area contributed by atoms with Crippen molar-refractivity contribution in [1.29, 1.82) is 0 Å². The van der Waals surface area contributed by atoms with Crippen molar-refractivity contribution in [2.75, 3.05) is 5.32 Å². The molecule has 27 heavy (non-hydrogen) atoms. The lowest BCUT2D eigenvalue weighted by molar-refractivity contribution is -0.136. The molecule has 0 spiro atoms. The van der Waals surface area contributed by atoms with Crippen LogP contribution in [0.25, 0.3) is 0 Å². The van der Waals surface area contributed by atoms with Crippen LogP contribution in [0.4, 0.5) is 5.69 Å². The minimum atomic E-state index is -0.932. The Morgan fingerprint density at radius 2 is 1.74 bits per heavy atom. The standard InChI is InChI=1S/C20H22N2O4S/c1-12(15-7-6-8-16(11-15)22-14(3)23)21-19(24)17-9-4-5-10-18(17)27-13(2)20(25)26/h4-13H,1-3H3,(H,21,24)(H,22,23)(H,25,26). The van der Waals surface area contributed by atoms with E-state index < -0.39 is 11.2 Å². The zero-order chi connectivity index (χ0) is 20.0. The van der Waals surface area contributed by atoms with E-state index in [1.54, 1.807) is 43.3 Å². The molecule has 0 aliphatic rings. The third kappa shape index (κ3) is 5.86. The average Bonchev–Trinajstić information content (AvgIpc) is 2.61. The molecule has 0 fully saturated rings. The molecule has 2 aromatic carbocycles. The molecule has 0 heterocycles. The number of benzene rings is 2. The van der Waals surface area contributed by atoms with Crippen LogP contribution in [-0.4, -0.2) is 28.1 Å². The Kier molecular flexibility index (Phi) is 7.01. The first kappa shape index (κ1) is 20.5. The van der Waals surface area contributed by atoms with Gasteiger partial charge in [-0.25, -0.2) is 0 Å². The summed E-state index contributed by atoms with van der Waals surface area (Å²) in [4.78, 5) is 35.6. The molecule has 0 saturated heterocycles. The maximum absolute atomic E-state index is 12.7. The first-order chi connectivity index (χ1) is 12.8. The third-order valence-corrected chi connectivity index (χ3v) is 5.00. The predicted octanol–water partition coefficient (Wildman–Crippen LogP) is 3.70. The molecule has 6 nitrogen and oxygen atoms in total. The average molecular weight is 386 g/mol. The summed E-state index contributed by atoms with van der Waals surface area (Å²) >= 11 is 1.13. The van der Waals surface area contributed by atoms with E-state index in [0.29, 0.717) is 16.1 Å². The van der Waals surface area contributed by atoms with Crippen LogP contribution in [0.1, 0.15) is 42.7 Å². The molecular formula is C20H22N2O4S. The molecule has 2 aromatic rings. The number of carbonyl (C=O) groups is 3. The number of hydrogen-bond donors (Lipinski definition) is 3. The SMILES string of the molecule is CC(=O)Nc1cccc(C(C)NC(=O)c2ccccc2SC(C)C(=O)O)c1. The molecule has 0 bridgehead atoms. The van der Waals surface area contributed by atoms with E-state index in [0.717, 1.165) is 17.3 Å². The molecular weight excluding hydrogens is 364 g/mol. The van der Waals surface area contributed by atoms with Crippen molar-refractivity contribution in [3.05, 3.63) is 59.7 Å². The van der Waals surface area contributed by atoms with Crippen LogP contribution in [0, 0.1) is 0 Å². The molecule has 2 rings (SSSR count). The fourth-order valence-corrected chi connectivity index (χ4v) is 3.37. The van der Waals surface area contributed by atoms with Crippen LogP contribution in [0.3, 0.4) is 0 Å². The number of carbonyl (C=O) groups excluding carboxylic acids is 2. The number of carboxylic acids is 1. The quantitative estimate of drug-likeness (QED) is 0.631. The monoisotopic (exact) mass is 386 g/mol. The second kappa shape index (κ2) is 9.23. The molecule has 0 aromatic heterocycles. The van der Waals surface area contributed by atoms with Gasteiger partial charge < -0.3 is 15.7 Å². The lowest BCUT2D eigenvalue weighted by Gasteiger charge is -2.17. The molecule has 2 atom stereocenters. The number of thioether (sulfide) groups is 1. The second-order valence-corrected chi connectivity index (χ2v) is 7.48. The number of hydrogen-bond acceptors (Lipinski definition) is 4. The van der Waals surface area contributed by atoms with Crippen molar-refractivity contribution in [3.63, 3.8) is 0 Å². The number of anilines is 1. The van der Waals surface area contributed by atoms with Crippen LogP contribution >= 0.6 is 11.8 Å². The van der Waals surface area contributed by atoms with Crippen molar-refractivity contribution < 1.29 is 19.5 Å². The first-order valence-electron chi connectivity index (χ1n) is 8.45. The fourth-order valence-electron chi connectivity index (χ4n) is 2.44. The Morgan fingerprint density at radius 1 is 1.04 bits per heavy atom. The molecule has 7 heteroatoms. The van der Waals surface area contributed by atoms with E-state index in [1.807, 2.05) is 19.1 Å². The zero-order valence-electron chi connectivity index (χ0n) is 15.4. The lowest BCUT2D eigenvalue weighted by Crippen LogP contribution is -2.27. The number of rotatable bonds is 7. The van der Waals surface area contributed by atoms with Gasteiger partial charge in [-0.05, 0) is 43.7 Å². The lowest BCUT2D eigenvalue weighted by atomic mass is 10.1. The van der Waals surface area contributed by atoms with Gasteiger partial charge in [-0.1, -0.05) is 24.3 Å². The molecule has 0 aliphatic carbocycles. The molecule has 0 saturated carbocycles. The highest BCUT2D eigenvalue weighted by molar-refractivity contribution is 8.00. The van der Waals surface area contributed by atoms with Crippen LogP contribution in [0.5, 0.6) is 0 Å². The second-order valence-electron chi connectivity index (χ2n) is 6.10. The summed E-state index contributed by atoms with van der Waals surface area (Å²) in [6.07, 6.45) is 0. The van der Waals surface area contributed by atoms with Gasteiger partial charge >= 0.3 is 5.97 Å². The molecule has 0 radical (unpaired) electrons. The van der Waals surface area contributed by atoms with Crippen LogP contribution in [0.15, 0.2) is 53.4 Å². The zero-order valence-corrected chi connectivity index (χ0v) is 16.2. The third-order valence-electron chi connectivity index (χ3n) is 3.84. The van der Waals surface area contributed by atoms with Gasteiger partial charge in [-0.15, -0.1) is 11.8 Å². The van der Waals surface area contributed by atoms with Crippen molar-refractivity contribution in [2.45, 2.75) is 37.0 Å². The van der Waals surface area contributed by atoms with Gasteiger partial charge in [-0.2, -0.15) is 0 Å². The Balaban J connectivity index is 2.15. The summed E-state index contributed by atoms with van der Waals surface area (Å²) in [6.45, 7) is 4.86. The molecule has 3 N–H and O–H groups in total. The fraction of sp³-hybridized carbons (Fsp3) is 0.250. The smallest absolute Gasteiger partial charge is 0.316 e. The molecule has 0 aliphatic heterocycles. The van der Waals surface area contributed by atoms with E-state index in [4.69, 9.17) is 5.11 Å². The van der Waals surface area contributed by atoms with Crippen molar-refractivity contribution >= 4 is 35.2 Å². The topological polar surface area (TPSA) is 95.5 Å². The first-order valence-corrected chi connectivity index (χ1v) is 9.32. The Bertz CT molecular complexity index is 853. The number of amides is 2. The van der Waals surface area contributed by atoms with Gasteiger partial charge in [0.1, 0.15) is 5.25 Å². The van der Waals surface area contributed by atoms with Gasteiger partial charge in [-0.3, -0.25) is 14.4 Å². The summed E-state index contributed by atoms with van der Waals surface area (Å²) in [5, 5.41) is 14.1. The number of nitrogens with one attached hydrogen (secondary N) is 2. The van der Waals surface area contributed by atoms with E-state index in [9.17, 15) is 14.4 Å². The maximum atomic E-state index is 12.7. The van der Waals surface area contributed by atoms with Crippen molar-refractivity contribution in [2.24, 2.45) is 0 Å². The predicted molar refractivity (Wildman–Crippen MR) is 106 cm³/mol. The van der Waals surface area contributed by atoms with Gasteiger partial charge in [0.2, 0.25) is 5.91 Å². The molecule has 142 valence electrons. The summed E-state index contributed by atoms with van der Waals surface area (Å²) in [5.41, 5.74) is 1.94. The largest absolute Gasteiger partial charge is 0.480 e. The Labute approximate surface area is 162 Å². The van der Waals surface area contributed by atoms with E-state index >= 15 is 0 Å². The van der Waals surface area contributed by atoms with Crippen LogP contribution in [0.2, 0.25) is 0 Å². The normalized spacial score (nSPS) is 12.7. The van der Waals surface area contributed by atoms with Gasteiger partial charge in [0.25, 0.3) is 5.91 Å². The molecule has 2 unspecified atom stereocenters. The summed E-state index contributed by atoms with van der Waals surface area (Å²) < 4.78 is 0. The van der Waals surface area contributed by atoms with Gasteiger partial charge in [0, 0.05) is 17.5 Å². The van der Waals surface area contributed by atoms with Gasteiger partial charge in [0.15, 0.2) is 0 Å². The Hall–Kier alpha value is -2.80.